The smallest absolute Gasteiger partial charge is 0.119 e. The summed E-state index contributed by atoms with van der Waals surface area (Å²) in [6.07, 6.45) is 2.63. The molecule has 2 rings (SSSR count). The van der Waals surface area contributed by atoms with Gasteiger partial charge in [0.15, 0.2) is 0 Å². The number of methoxy groups -OCH3 is 1. The Morgan fingerprint density at radius 3 is 2.70 bits per heavy atom. The Morgan fingerprint density at radius 1 is 1.30 bits per heavy atom. The van der Waals surface area contributed by atoms with Crippen molar-refractivity contribution in [3.63, 3.8) is 0 Å². The molecule has 1 aromatic rings. The van der Waals surface area contributed by atoms with E-state index in [4.69, 9.17) is 4.74 Å². The molecule has 1 N–H and O–H groups in total. The van der Waals surface area contributed by atoms with Crippen molar-refractivity contribution in [2.24, 2.45) is 5.92 Å². The van der Waals surface area contributed by atoms with Crippen LogP contribution < -0.4 is 10.1 Å². The number of ether oxygens (including phenoxy) is 1. The summed E-state index contributed by atoms with van der Waals surface area (Å²) in [5, 5.41) is 3.46. The van der Waals surface area contributed by atoms with Crippen molar-refractivity contribution < 1.29 is 4.74 Å². The van der Waals surface area contributed by atoms with Crippen LogP contribution in [-0.4, -0.2) is 38.2 Å². The topological polar surface area (TPSA) is 24.5 Å². The van der Waals surface area contributed by atoms with Gasteiger partial charge in [0.05, 0.1) is 7.11 Å². The highest BCUT2D eigenvalue weighted by molar-refractivity contribution is 5.85. The molecule has 1 aromatic carbocycles. The maximum absolute atomic E-state index is 5.28. The molecule has 0 aliphatic carbocycles. The lowest BCUT2D eigenvalue weighted by atomic mass is 9.96. The Labute approximate surface area is 129 Å². The van der Waals surface area contributed by atoms with Crippen molar-refractivity contribution in [1.82, 2.24) is 10.2 Å². The number of hydrogen-bond acceptors (Lipinski definition) is 3. The molecular formula is C16H27ClN2O. The number of nitrogens with one attached hydrogen (secondary N) is 1. The standard InChI is InChI=1S/C16H26N2O.ClH/c1-3-17-12-14-7-9-18(10-8-14)13-15-5-4-6-16(11-15)19-2;/h4-6,11,14,17H,3,7-10,12-13H2,1-2H3;1H. The maximum Gasteiger partial charge on any atom is 0.119 e. The van der Waals surface area contributed by atoms with E-state index < -0.39 is 0 Å². The molecule has 1 aliphatic rings. The van der Waals surface area contributed by atoms with Crippen LogP contribution in [0.25, 0.3) is 0 Å². The number of rotatable bonds is 6. The minimum absolute atomic E-state index is 0. The lowest BCUT2D eigenvalue weighted by molar-refractivity contribution is 0.175. The van der Waals surface area contributed by atoms with Crippen LogP contribution in [0, 0.1) is 5.92 Å². The van der Waals surface area contributed by atoms with Crippen LogP contribution in [0.15, 0.2) is 24.3 Å². The van der Waals surface area contributed by atoms with Crippen molar-refractivity contribution in [3.05, 3.63) is 29.8 Å². The quantitative estimate of drug-likeness (QED) is 0.874. The molecule has 0 amide bonds. The summed E-state index contributed by atoms with van der Waals surface area (Å²) < 4.78 is 5.28. The highest BCUT2D eigenvalue weighted by Gasteiger charge is 2.18. The zero-order valence-electron chi connectivity index (χ0n) is 12.6. The van der Waals surface area contributed by atoms with Crippen molar-refractivity contribution in [2.75, 3.05) is 33.3 Å². The highest BCUT2D eigenvalue weighted by Crippen LogP contribution is 2.20. The number of benzene rings is 1. The van der Waals surface area contributed by atoms with Gasteiger partial charge in [-0.25, -0.2) is 0 Å². The van der Waals surface area contributed by atoms with E-state index in [0.717, 1.165) is 24.8 Å². The molecule has 0 radical (unpaired) electrons. The summed E-state index contributed by atoms with van der Waals surface area (Å²) >= 11 is 0. The van der Waals surface area contributed by atoms with Crippen LogP contribution in [0.5, 0.6) is 5.75 Å². The third-order valence-corrected chi connectivity index (χ3v) is 3.93. The highest BCUT2D eigenvalue weighted by atomic mass is 35.5. The Bertz CT molecular complexity index is 378. The monoisotopic (exact) mass is 298 g/mol. The van der Waals surface area contributed by atoms with Crippen molar-refractivity contribution >= 4 is 12.4 Å². The fraction of sp³-hybridized carbons (Fsp3) is 0.625. The molecular weight excluding hydrogens is 272 g/mol. The minimum Gasteiger partial charge on any atom is -0.497 e. The number of hydrogen-bond donors (Lipinski definition) is 1. The van der Waals surface area contributed by atoms with Gasteiger partial charge in [-0.15, -0.1) is 12.4 Å². The van der Waals surface area contributed by atoms with Crippen LogP contribution >= 0.6 is 12.4 Å². The fourth-order valence-electron chi connectivity index (χ4n) is 2.73. The molecule has 0 aromatic heterocycles. The van der Waals surface area contributed by atoms with E-state index in [1.807, 2.05) is 6.07 Å². The van der Waals surface area contributed by atoms with E-state index in [2.05, 4.69) is 35.3 Å². The number of nitrogens with zero attached hydrogens (tertiary/aromatic N) is 1. The average Bonchev–Trinajstić information content (AvgIpc) is 2.47. The molecule has 4 heteroatoms. The van der Waals surface area contributed by atoms with Gasteiger partial charge in [-0.3, -0.25) is 4.90 Å². The van der Waals surface area contributed by atoms with E-state index in [0.29, 0.717) is 0 Å². The van der Waals surface area contributed by atoms with Gasteiger partial charge in [-0.1, -0.05) is 19.1 Å². The Morgan fingerprint density at radius 2 is 2.05 bits per heavy atom. The molecule has 1 saturated heterocycles. The first-order chi connectivity index (χ1) is 9.31. The van der Waals surface area contributed by atoms with E-state index >= 15 is 0 Å². The molecule has 20 heavy (non-hydrogen) atoms. The molecule has 1 heterocycles. The summed E-state index contributed by atoms with van der Waals surface area (Å²) in [7, 11) is 1.73. The van der Waals surface area contributed by atoms with Gasteiger partial charge in [0.1, 0.15) is 5.75 Å². The van der Waals surface area contributed by atoms with Gasteiger partial charge < -0.3 is 10.1 Å². The van der Waals surface area contributed by atoms with Gasteiger partial charge in [0.2, 0.25) is 0 Å². The lowest BCUT2D eigenvalue weighted by Gasteiger charge is -2.32. The molecule has 3 nitrogen and oxygen atoms in total. The van der Waals surface area contributed by atoms with Crippen molar-refractivity contribution in [3.8, 4) is 5.75 Å². The summed E-state index contributed by atoms with van der Waals surface area (Å²) in [6.45, 7) is 7.93. The van der Waals surface area contributed by atoms with Gasteiger partial charge in [0.25, 0.3) is 0 Å². The van der Waals surface area contributed by atoms with E-state index in [1.165, 1.54) is 38.0 Å². The zero-order chi connectivity index (χ0) is 13.5. The molecule has 0 atom stereocenters. The van der Waals surface area contributed by atoms with Crippen LogP contribution in [-0.2, 0) is 6.54 Å². The molecule has 0 bridgehead atoms. The van der Waals surface area contributed by atoms with Gasteiger partial charge in [0, 0.05) is 6.54 Å². The summed E-state index contributed by atoms with van der Waals surface area (Å²) in [5.41, 5.74) is 1.35. The average molecular weight is 299 g/mol. The number of piperidine rings is 1. The Balaban J connectivity index is 0.00000200. The predicted octanol–water partition coefficient (Wildman–Crippen LogP) is 2.94. The SMILES string of the molecule is CCNCC1CCN(Cc2cccc(OC)c2)CC1.Cl. The molecule has 0 spiro atoms. The molecule has 1 aliphatic heterocycles. The van der Waals surface area contributed by atoms with E-state index in [1.54, 1.807) is 7.11 Å². The maximum atomic E-state index is 5.28. The first-order valence-electron chi connectivity index (χ1n) is 7.37. The molecule has 0 saturated carbocycles. The fourth-order valence-corrected chi connectivity index (χ4v) is 2.73. The van der Waals surface area contributed by atoms with E-state index in [-0.39, 0.29) is 12.4 Å². The van der Waals surface area contributed by atoms with Crippen molar-refractivity contribution in [1.29, 1.82) is 0 Å². The van der Waals surface area contributed by atoms with Crippen LogP contribution in [0.3, 0.4) is 0 Å². The number of likely N-dealkylation sites (tertiary alicyclic amines) is 1. The lowest BCUT2D eigenvalue weighted by Crippen LogP contribution is -2.36. The zero-order valence-corrected chi connectivity index (χ0v) is 13.4. The normalized spacial score (nSPS) is 16.7. The second kappa shape index (κ2) is 9.22. The third kappa shape index (κ3) is 5.31. The van der Waals surface area contributed by atoms with Gasteiger partial charge in [-0.05, 0) is 62.6 Å². The number of halogens is 1. The second-order valence-electron chi connectivity index (χ2n) is 5.38. The first-order valence-corrected chi connectivity index (χ1v) is 7.37. The van der Waals surface area contributed by atoms with Crippen LogP contribution in [0.2, 0.25) is 0 Å². The predicted molar refractivity (Wildman–Crippen MR) is 86.8 cm³/mol. The molecule has 114 valence electrons. The third-order valence-electron chi connectivity index (χ3n) is 3.93. The minimum atomic E-state index is 0. The van der Waals surface area contributed by atoms with Crippen molar-refractivity contribution in [2.45, 2.75) is 26.3 Å². The Hall–Kier alpha value is -0.770. The van der Waals surface area contributed by atoms with Crippen LogP contribution in [0.1, 0.15) is 25.3 Å². The summed E-state index contributed by atoms with van der Waals surface area (Å²) in [6, 6.07) is 8.41. The Kier molecular flexibility index (Phi) is 7.97. The second-order valence-corrected chi connectivity index (χ2v) is 5.38. The summed E-state index contributed by atoms with van der Waals surface area (Å²) in [4.78, 5) is 2.55. The summed E-state index contributed by atoms with van der Waals surface area (Å²) in [5.74, 6) is 1.82. The largest absolute Gasteiger partial charge is 0.497 e. The van der Waals surface area contributed by atoms with Gasteiger partial charge >= 0.3 is 0 Å². The van der Waals surface area contributed by atoms with Gasteiger partial charge in [-0.2, -0.15) is 0 Å². The first kappa shape index (κ1) is 17.3. The molecule has 1 fully saturated rings. The van der Waals surface area contributed by atoms with E-state index in [9.17, 15) is 0 Å². The van der Waals surface area contributed by atoms with Crippen LogP contribution in [0.4, 0.5) is 0 Å². The molecule has 0 unspecified atom stereocenters.